The van der Waals surface area contributed by atoms with Crippen LogP contribution in [0.1, 0.15) is 76.5 Å². The van der Waals surface area contributed by atoms with Gasteiger partial charge in [-0.05, 0) is 43.4 Å². The number of aromatic nitrogens is 2. The zero-order chi connectivity index (χ0) is 27.2. The molecule has 0 bridgehead atoms. The van der Waals surface area contributed by atoms with E-state index in [2.05, 4.69) is 20.6 Å². The van der Waals surface area contributed by atoms with E-state index in [1.807, 2.05) is 0 Å². The summed E-state index contributed by atoms with van der Waals surface area (Å²) in [5.41, 5.74) is 0.680. The molecule has 3 aromatic rings. The summed E-state index contributed by atoms with van der Waals surface area (Å²) in [6.07, 6.45) is 4.14. The molecule has 1 aliphatic carbocycles. The van der Waals surface area contributed by atoms with Gasteiger partial charge in [0.2, 0.25) is 17.7 Å². The lowest BCUT2D eigenvalue weighted by atomic mass is 9.80. The first kappa shape index (κ1) is 26.8. The minimum Gasteiger partial charge on any atom is -0.494 e. The lowest BCUT2D eigenvalue weighted by Crippen LogP contribution is -2.47. The van der Waals surface area contributed by atoms with Gasteiger partial charge in [0, 0.05) is 5.56 Å². The Balaban J connectivity index is 1.56. The molecule has 5 N–H and O–H groups in total. The lowest BCUT2D eigenvalue weighted by Gasteiger charge is -2.30. The van der Waals surface area contributed by atoms with Gasteiger partial charge in [-0.2, -0.15) is 4.39 Å². The van der Waals surface area contributed by atoms with Crippen LogP contribution in [0.3, 0.4) is 0 Å². The Hall–Kier alpha value is -4.21. The molecule has 0 unspecified atom stereocenters. The summed E-state index contributed by atoms with van der Waals surface area (Å²) in [6.45, 7) is 1.51. The highest BCUT2D eigenvalue weighted by atomic mass is 19.1. The second-order valence-electron chi connectivity index (χ2n) is 9.62. The van der Waals surface area contributed by atoms with E-state index in [1.54, 1.807) is 30.3 Å². The molecule has 10 heteroatoms. The molecule has 2 amide bonds. The van der Waals surface area contributed by atoms with Gasteiger partial charge in [0.25, 0.3) is 5.91 Å². The molecule has 2 heterocycles. The molecular formula is C28H31FN4O5. The summed E-state index contributed by atoms with van der Waals surface area (Å²) < 4.78 is 13.6. The molecule has 9 nitrogen and oxygen atoms in total. The molecule has 4 rings (SSSR count). The molecule has 0 saturated heterocycles. The summed E-state index contributed by atoms with van der Waals surface area (Å²) in [5.74, 6) is -3.30. The van der Waals surface area contributed by atoms with E-state index in [4.69, 9.17) is 0 Å². The van der Waals surface area contributed by atoms with Crippen molar-refractivity contribution in [2.24, 2.45) is 5.92 Å². The van der Waals surface area contributed by atoms with E-state index < -0.39 is 41.5 Å². The van der Waals surface area contributed by atoms with Crippen LogP contribution in [0.25, 0.3) is 0 Å². The number of nitrogens with one attached hydrogen (secondary N) is 3. The van der Waals surface area contributed by atoms with Crippen LogP contribution in [0.5, 0.6) is 11.8 Å². The standard InChI is InChI=1S/C28H31FN4O5/c1-16-23(28(38)33-26(16)36)25(35)24(18-11-6-3-7-12-18)32-22(34)15-20(17-9-4-2-5-10-17)31-27(37)19-13-8-14-21(29)30-19/h2,4-5,8-10,13-14,18,20,24,33,36,38H,3,6-7,11-12,15H2,1H3,(H,31,37)(H,32,34)/t20-,24-/m0/s1. The largest absolute Gasteiger partial charge is 0.494 e. The summed E-state index contributed by atoms with van der Waals surface area (Å²) >= 11 is 0. The third-order valence-corrected chi connectivity index (χ3v) is 7.01. The Morgan fingerprint density at radius 2 is 1.71 bits per heavy atom. The Morgan fingerprint density at radius 1 is 1.00 bits per heavy atom. The summed E-state index contributed by atoms with van der Waals surface area (Å²) in [5, 5.41) is 25.8. The van der Waals surface area contributed by atoms with Crippen LogP contribution in [0, 0.1) is 18.8 Å². The topological polar surface area (TPSA) is 144 Å². The number of benzene rings is 1. The number of Topliss-reactive ketones (excluding diaryl/α,β-unsaturated/α-hetero) is 1. The van der Waals surface area contributed by atoms with Crippen LogP contribution in [0.2, 0.25) is 0 Å². The van der Waals surface area contributed by atoms with E-state index in [-0.39, 0.29) is 35.0 Å². The predicted molar refractivity (Wildman–Crippen MR) is 137 cm³/mol. The van der Waals surface area contributed by atoms with Gasteiger partial charge in [0.05, 0.1) is 24.1 Å². The Kier molecular flexibility index (Phi) is 8.40. The lowest BCUT2D eigenvalue weighted by molar-refractivity contribution is -0.122. The third-order valence-electron chi connectivity index (χ3n) is 7.01. The highest BCUT2D eigenvalue weighted by Gasteiger charge is 2.35. The molecule has 0 spiro atoms. The number of pyridine rings is 1. The highest BCUT2D eigenvalue weighted by Crippen LogP contribution is 2.34. The van der Waals surface area contributed by atoms with E-state index in [0.29, 0.717) is 5.56 Å². The molecule has 1 aromatic carbocycles. The number of amides is 2. The van der Waals surface area contributed by atoms with Gasteiger partial charge in [0.15, 0.2) is 11.7 Å². The number of aromatic amines is 1. The quantitative estimate of drug-likeness (QED) is 0.212. The molecule has 0 aliphatic heterocycles. The fourth-order valence-corrected chi connectivity index (χ4v) is 5.01. The van der Waals surface area contributed by atoms with Crippen molar-refractivity contribution in [3.8, 4) is 11.8 Å². The maximum atomic E-state index is 13.6. The van der Waals surface area contributed by atoms with Gasteiger partial charge in [-0.1, -0.05) is 55.7 Å². The molecule has 0 radical (unpaired) electrons. The van der Waals surface area contributed by atoms with E-state index in [0.717, 1.165) is 38.2 Å². The summed E-state index contributed by atoms with van der Waals surface area (Å²) in [4.78, 5) is 45.7. The Bertz CT molecular complexity index is 1300. The van der Waals surface area contributed by atoms with Crippen molar-refractivity contribution in [1.29, 1.82) is 0 Å². The van der Waals surface area contributed by atoms with Crippen molar-refractivity contribution >= 4 is 17.6 Å². The predicted octanol–water partition coefficient (Wildman–Crippen LogP) is 4.08. The second-order valence-corrected chi connectivity index (χ2v) is 9.62. The Labute approximate surface area is 219 Å². The summed E-state index contributed by atoms with van der Waals surface area (Å²) in [7, 11) is 0. The minimum absolute atomic E-state index is 0.0523. The van der Waals surface area contributed by atoms with Gasteiger partial charge in [-0.3, -0.25) is 19.4 Å². The van der Waals surface area contributed by atoms with Gasteiger partial charge < -0.3 is 20.8 Å². The monoisotopic (exact) mass is 522 g/mol. The van der Waals surface area contributed by atoms with Gasteiger partial charge >= 0.3 is 0 Å². The van der Waals surface area contributed by atoms with Crippen molar-refractivity contribution in [3.05, 3.63) is 76.9 Å². The molecule has 200 valence electrons. The number of aromatic hydroxyl groups is 2. The van der Waals surface area contributed by atoms with Gasteiger partial charge in [0.1, 0.15) is 5.69 Å². The number of nitrogens with zero attached hydrogens (tertiary/aromatic N) is 1. The fourth-order valence-electron chi connectivity index (χ4n) is 5.01. The van der Waals surface area contributed by atoms with Crippen molar-refractivity contribution in [3.63, 3.8) is 0 Å². The average molecular weight is 523 g/mol. The first-order valence-corrected chi connectivity index (χ1v) is 12.7. The van der Waals surface area contributed by atoms with Crippen LogP contribution < -0.4 is 10.6 Å². The molecule has 1 saturated carbocycles. The number of ketones is 1. The van der Waals surface area contributed by atoms with Gasteiger partial charge in [-0.15, -0.1) is 0 Å². The fraction of sp³-hybridized carbons (Fsp3) is 0.357. The smallest absolute Gasteiger partial charge is 0.270 e. The van der Waals surface area contributed by atoms with Crippen LogP contribution >= 0.6 is 0 Å². The van der Waals surface area contributed by atoms with Crippen molar-refractivity contribution < 1.29 is 29.0 Å². The number of carbonyl (C=O) groups is 3. The first-order chi connectivity index (χ1) is 18.2. The first-order valence-electron chi connectivity index (χ1n) is 12.7. The van der Waals surface area contributed by atoms with E-state index >= 15 is 0 Å². The van der Waals surface area contributed by atoms with Gasteiger partial charge in [-0.25, -0.2) is 4.98 Å². The maximum absolute atomic E-state index is 13.6. The number of hydrogen-bond donors (Lipinski definition) is 5. The molecule has 2 aromatic heterocycles. The number of carbonyl (C=O) groups excluding carboxylic acids is 3. The van der Waals surface area contributed by atoms with Crippen molar-refractivity contribution in [2.75, 3.05) is 0 Å². The molecular weight excluding hydrogens is 491 g/mol. The van der Waals surface area contributed by atoms with Crippen molar-refractivity contribution in [1.82, 2.24) is 20.6 Å². The van der Waals surface area contributed by atoms with E-state index in [1.165, 1.54) is 19.1 Å². The van der Waals surface area contributed by atoms with Crippen LogP contribution in [0.15, 0.2) is 48.5 Å². The number of hydrogen-bond acceptors (Lipinski definition) is 6. The minimum atomic E-state index is -0.917. The number of halogens is 1. The number of H-pyrrole nitrogens is 1. The molecule has 38 heavy (non-hydrogen) atoms. The third kappa shape index (κ3) is 6.19. The number of rotatable bonds is 9. The molecule has 1 aliphatic rings. The zero-order valence-corrected chi connectivity index (χ0v) is 21.0. The van der Waals surface area contributed by atoms with Crippen LogP contribution in [-0.4, -0.2) is 43.8 Å². The molecule has 1 fully saturated rings. The second kappa shape index (κ2) is 11.9. The van der Waals surface area contributed by atoms with E-state index in [9.17, 15) is 29.0 Å². The normalized spacial score (nSPS) is 15.4. The van der Waals surface area contributed by atoms with Crippen LogP contribution in [0.4, 0.5) is 4.39 Å². The van der Waals surface area contributed by atoms with Crippen molar-refractivity contribution in [2.45, 2.75) is 57.5 Å². The maximum Gasteiger partial charge on any atom is 0.270 e. The Morgan fingerprint density at radius 3 is 2.34 bits per heavy atom. The zero-order valence-electron chi connectivity index (χ0n) is 21.0. The average Bonchev–Trinajstić information content (AvgIpc) is 3.18. The summed E-state index contributed by atoms with van der Waals surface area (Å²) in [6, 6.07) is 11.0. The highest BCUT2D eigenvalue weighted by molar-refractivity contribution is 6.05. The SMILES string of the molecule is Cc1c(O)[nH]c(O)c1C(=O)[C@@H](NC(=O)C[C@H](NC(=O)c1cccc(F)n1)c1ccccc1)C1CCCCC1. The van der Waals surface area contributed by atoms with Crippen LogP contribution in [-0.2, 0) is 4.79 Å². The molecule has 2 atom stereocenters.